The van der Waals surface area contributed by atoms with Crippen molar-refractivity contribution in [1.29, 1.82) is 0 Å². The van der Waals surface area contributed by atoms with Gasteiger partial charge in [-0.05, 0) is 36.2 Å². The molecule has 104 valence electrons. The minimum Gasteiger partial charge on any atom is -0.398 e. The largest absolute Gasteiger partial charge is 0.398 e. The van der Waals surface area contributed by atoms with Crippen molar-refractivity contribution in [3.05, 3.63) is 59.2 Å². The highest BCUT2D eigenvalue weighted by Crippen LogP contribution is 2.22. The van der Waals surface area contributed by atoms with Gasteiger partial charge in [-0.1, -0.05) is 24.3 Å². The molecule has 4 N–H and O–H groups in total. The predicted octanol–water partition coefficient (Wildman–Crippen LogP) is 1.98. The molecule has 1 amide bonds. The lowest BCUT2D eigenvalue weighted by molar-refractivity contribution is 0.100. The maximum Gasteiger partial charge on any atom is 0.248 e. The van der Waals surface area contributed by atoms with Gasteiger partial charge >= 0.3 is 0 Å². The van der Waals surface area contributed by atoms with E-state index in [2.05, 4.69) is 0 Å². The fourth-order valence-electron chi connectivity index (χ4n) is 1.85. The van der Waals surface area contributed by atoms with E-state index in [4.69, 9.17) is 11.5 Å². The molecule has 1 atom stereocenters. The number of hydrogen-bond donors (Lipinski definition) is 2. The van der Waals surface area contributed by atoms with Gasteiger partial charge in [0.1, 0.15) is 0 Å². The molecule has 20 heavy (non-hydrogen) atoms. The van der Waals surface area contributed by atoms with E-state index in [1.54, 1.807) is 30.3 Å². The topological polar surface area (TPSA) is 86.2 Å². The Balaban J connectivity index is 2.19. The number of benzene rings is 2. The number of nitrogens with two attached hydrogens (primary N) is 2. The van der Waals surface area contributed by atoms with Crippen molar-refractivity contribution in [3.63, 3.8) is 0 Å². The number of para-hydroxylation sites is 1. The van der Waals surface area contributed by atoms with Gasteiger partial charge in [-0.15, -0.1) is 0 Å². The highest BCUT2D eigenvalue weighted by Gasteiger charge is 2.10. The Morgan fingerprint density at radius 1 is 1.15 bits per heavy atom. The highest BCUT2D eigenvalue weighted by atomic mass is 32.2. The normalized spacial score (nSPS) is 12.1. The molecule has 0 aromatic heterocycles. The standard InChI is InChI=1S/C15H16N2O2S/c1-10-3-2-4-13(14(10)16)20(19)9-11-5-7-12(8-6-11)15(17)18/h2-8H,9,16H2,1H3,(H2,17,18). The Hall–Kier alpha value is -2.14. The van der Waals surface area contributed by atoms with Gasteiger partial charge in [-0.3, -0.25) is 9.00 Å². The second-order valence-electron chi connectivity index (χ2n) is 4.54. The van der Waals surface area contributed by atoms with Gasteiger partial charge in [0.25, 0.3) is 0 Å². The first kappa shape index (κ1) is 14.3. The van der Waals surface area contributed by atoms with Crippen LogP contribution in [0, 0.1) is 6.92 Å². The van der Waals surface area contributed by atoms with Crippen molar-refractivity contribution in [2.45, 2.75) is 17.6 Å². The summed E-state index contributed by atoms with van der Waals surface area (Å²) in [6.45, 7) is 1.89. The smallest absolute Gasteiger partial charge is 0.248 e. The highest BCUT2D eigenvalue weighted by molar-refractivity contribution is 7.84. The monoisotopic (exact) mass is 288 g/mol. The average Bonchev–Trinajstić information content (AvgIpc) is 2.42. The van der Waals surface area contributed by atoms with E-state index in [1.165, 1.54) is 0 Å². The molecule has 0 heterocycles. The molecule has 0 radical (unpaired) electrons. The summed E-state index contributed by atoms with van der Waals surface area (Å²) in [4.78, 5) is 11.6. The summed E-state index contributed by atoms with van der Waals surface area (Å²) in [5, 5.41) is 0. The van der Waals surface area contributed by atoms with Crippen LogP contribution in [0.15, 0.2) is 47.4 Å². The third-order valence-corrected chi connectivity index (χ3v) is 4.51. The van der Waals surface area contributed by atoms with Gasteiger partial charge < -0.3 is 11.5 Å². The molecule has 2 rings (SSSR count). The lowest BCUT2D eigenvalue weighted by Crippen LogP contribution is -2.10. The van der Waals surface area contributed by atoms with E-state index >= 15 is 0 Å². The van der Waals surface area contributed by atoms with Crippen molar-refractivity contribution >= 4 is 22.4 Å². The van der Waals surface area contributed by atoms with Crippen molar-refractivity contribution in [2.24, 2.45) is 5.73 Å². The zero-order chi connectivity index (χ0) is 14.7. The molecular weight excluding hydrogens is 272 g/mol. The molecule has 2 aromatic carbocycles. The number of rotatable bonds is 4. The maximum absolute atomic E-state index is 12.3. The van der Waals surface area contributed by atoms with E-state index in [1.807, 2.05) is 19.1 Å². The molecule has 0 bridgehead atoms. The number of hydrogen-bond acceptors (Lipinski definition) is 3. The van der Waals surface area contributed by atoms with Crippen molar-refractivity contribution in [1.82, 2.24) is 0 Å². The molecule has 5 heteroatoms. The van der Waals surface area contributed by atoms with Crippen LogP contribution in [0.5, 0.6) is 0 Å². The number of anilines is 1. The summed E-state index contributed by atoms with van der Waals surface area (Å²) >= 11 is 0. The van der Waals surface area contributed by atoms with E-state index in [0.29, 0.717) is 21.9 Å². The van der Waals surface area contributed by atoms with Gasteiger partial charge in [0.05, 0.1) is 27.1 Å². The molecular formula is C15H16N2O2S. The molecule has 0 fully saturated rings. The summed E-state index contributed by atoms with van der Waals surface area (Å²) in [7, 11) is -1.21. The van der Waals surface area contributed by atoms with Crippen LogP contribution in [0.4, 0.5) is 5.69 Å². The molecule has 1 unspecified atom stereocenters. The summed E-state index contributed by atoms with van der Waals surface area (Å²) in [6, 6.07) is 12.3. The first-order valence-corrected chi connectivity index (χ1v) is 7.43. The van der Waals surface area contributed by atoms with Gasteiger partial charge in [0.15, 0.2) is 0 Å². The Bertz CT molecular complexity index is 666. The zero-order valence-electron chi connectivity index (χ0n) is 11.1. The van der Waals surface area contributed by atoms with E-state index in [9.17, 15) is 9.00 Å². The van der Waals surface area contributed by atoms with Crippen LogP contribution in [0.3, 0.4) is 0 Å². The lowest BCUT2D eigenvalue weighted by Gasteiger charge is -2.08. The van der Waals surface area contributed by atoms with Crippen LogP contribution in [-0.4, -0.2) is 10.1 Å². The molecule has 2 aromatic rings. The molecule has 4 nitrogen and oxygen atoms in total. The van der Waals surface area contributed by atoms with Crippen LogP contribution in [-0.2, 0) is 16.6 Å². The fraction of sp³-hybridized carbons (Fsp3) is 0.133. The Kier molecular flexibility index (Phi) is 4.20. The van der Waals surface area contributed by atoms with Gasteiger partial charge in [0.2, 0.25) is 5.91 Å². The van der Waals surface area contributed by atoms with Crippen LogP contribution < -0.4 is 11.5 Å². The minimum atomic E-state index is -1.21. The van der Waals surface area contributed by atoms with Crippen LogP contribution >= 0.6 is 0 Å². The number of amides is 1. The zero-order valence-corrected chi connectivity index (χ0v) is 11.9. The van der Waals surface area contributed by atoms with Crippen LogP contribution in [0.25, 0.3) is 0 Å². The summed E-state index contributed by atoms with van der Waals surface area (Å²) in [5.41, 5.74) is 13.9. The SMILES string of the molecule is Cc1cccc(S(=O)Cc2ccc(C(N)=O)cc2)c1N. The van der Waals surface area contributed by atoms with Gasteiger partial charge in [-0.25, -0.2) is 0 Å². The Morgan fingerprint density at radius 2 is 1.80 bits per heavy atom. The quantitative estimate of drug-likeness (QED) is 0.843. The third kappa shape index (κ3) is 3.05. The second kappa shape index (κ2) is 5.88. The summed E-state index contributed by atoms with van der Waals surface area (Å²) in [6.07, 6.45) is 0. The fourth-order valence-corrected chi connectivity index (χ4v) is 3.13. The van der Waals surface area contributed by atoms with Crippen LogP contribution in [0.1, 0.15) is 21.5 Å². The molecule has 0 spiro atoms. The molecule has 0 aliphatic carbocycles. The predicted molar refractivity (Wildman–Crippen MR) is 80.7 cm³/mol. The second-order valence-corrected chi connectivity index (χ2v) is 5.96. The van der Waals surface area contributed by atoms with E-state index < -0.39 is 16.7 Å². The molecule has 0 saturated carbocycles. The van der Waals surface area contributed by atoms with Crippen molar-refractivity contribution < 1.29 is 9.00 Å². The van der Waals surface area contributed by atoms with Gasteiger partial charge in [0, 0.05) is 5.56 Å². The Morgan fingerprint density at radius 3 is 2.40 bits per heavy atom. The van der Waals surface area contributed by atoms with E-state index in [0.717, 1.165) is 11.1 Å². The number of nitrogen functional groups attached to an aromatic ring is 1. The van der Waals surface area contributed by atoms with E-state index in [-0.39, 0.29) is 0 Å². The maximum atomic E-state index is 12.3. The molecule has 0 aliphatic rings. The average molecular weight is 288 g/mol. The number of aryl methyl sites for hydroxylation is 1. The molecule has 0 aliphatic heterocycles. The number of carbonyl (C=O) groups is 1. The summed E-state index contributed by atoms with van der Waals surface area (Å²) in [5.74, 6) is -0.118. The van der Waals surface area contributed by atoms with Gasteiger partial charge in [-0.2, -0.15) is 0 Å². The third-order valence-electron chi connectivity index (χ3n) is 3.07. The molecule has 0 saturated heterocycles. The number of carbonyl (C=O) groups excluding carboxylic acids is 1. The van der Waals surface area contributed by atoms with Crippen LogP contribution in [0.2, 0.25) is 0 Å². The summed E-state index contributed by atoms with van der Waals surface area (Å²) < 4.78 is 12.3. The first-order chi connectivity index (χ1) is 9.49. The lowest BCUT2D eigenvalue weighted by atomic mass is 10.1. The first-order valence-electron chi connectivity index (χ1n) is 6.11. The van der Waals surface area contributed by atoms with Crippen molar-refractivity contribution in [2.75, 3.05) is 5.73 Å². The van der Waals surface area contributed by atoms with Crippen molar-refractivity contribution in [3.8, 4) is 0 Å². The minimum absolute atomic E-state index is 0.354. The number of primary amides is 1. The Labute approximate surface area is 120 Å².